The van der Waals surface area contributed by atoms with E-state index in [0.717, 1.165) is 30.9 Å². The summed E-state index contributed by atoms with van der Waals surface area (Å²) in [4.78, 5) is 14.8. The Morgan fingerprint density at radius 2 is 2.15 bits per heavy atom. The quantitative estimate of drug-likeness (QED) is 0.817. The lowest BCUT2D eigenvalue weighted by Crippen LogP contribution is -2.36. The second kappa shape index (κ2) is 6.45. The lowest BCUT2D eigenvalue weighted by Gasteiger charge is -2.29. The van der Waals surface area contributed by atoms with Crippen LogP contribution in [-0.2, 0) is 0 Å². The van der Waals surface area contributed by atoms with Gasteiger partial charge in [-0.05, 0) is 33.0 Å². The average molecular weight is 297 g/mol. The van der Waals surface area contributed by atoms with E-state index >= 15 is 0 Å². The summed E-state index contributed by atoms with van der Waals surface area (Å²) in [6, 6.07) is 0.419. The Kier molecular flexibility index (Phi) is 4.88. The molecule has 0 bridgehead atoms. The molecule has 0 radical (unpaired) electrons. The van der Waals surface area contributed by atoms with E-state index in [0.29, 0.717) is 28.8 Å². The van der Waals surface area contributed by atoms with Crippen LogP contribution >= 0.6 is 11.3 Å². The van der Waals surface area contributed by atoms with Gasteiger partial charge in [-0.25, -0.2) is 0 Å². The molecule has 1 aromatic heterocycles. The topological polar surface area (TPSA) is 67.6 Å². The SMILES string of the molecule is CCC(=O)c1sc(NC2CCN(C)CC2)c(OC)c1N. The number of anilines is 2. The second-order valence-corrected chi connectivity index (χ2v) is 6.23. The molecule has 0 unspecified atom stereocenters. The summed E-state index contributed by atoms with van der Waals surface area (Å²) in [5.41, 5.74) is 6.51. The predicted molar refractivity (Wildman–Crippen MR) is 84.0 cm³/mol. The number of methoxy groups -OCH3 is 1. The van der Waals surface area contributed by atoms with E-state index in [4.69, 9.17) is 10.5 Å². The molecule has 0 atom stereocenters. The van der Waals surface area contributed by atoms with Gasteiger partial charge in [0.1, 0.15) is 5.00 Å². The van der Waals surface area contributed by atoms with Gasteiger partial charge in [-0.1, -0.05) is 6.92 Å². The molecule has 0 saturated carbocycles. The molecule has 1 aromatic rings. The molecule has 0 aromatic carbocycles. The maximum Gasteiger partial charge on any atom is 0.176 e. The minimum atomic E-state index is 0.0715. The van der Waals surface area contributed by atoms with Crippen molar-refractivity contribution in [2.45, 2.75) is 32.2 Å². The van der Waals surface area contributed by atoms with Gasteiger partial charge < -0.3 is 20.7 Å². The molecule has 2 rings (SSSR count). The van der Waals surface area contributed by atoms with E-state index in [1.54, 1.807) is 7.11 Å². The maximum atomic E-state index is 11.9. The van der Waals surface area contributed by atoms with Crippen LogP contribution in [0.1, 0.15) is 35.9 Å². The first-order chi connectivity index (χ1) is 9.56. The zero-order chi connectivity index (χ0) is 14.7. The molecule has 0 amide bonds. The predicted octanol–water partition coefficient (Wildman–Crippen LogP) is 2.44. The van der Waals surface area contributed by atoms with Crippen molar-refractivity contribution in [3.63, 3.8) is 0 Å². The number of rotatable bonds is 5. The second-order valence-electron chi connectivity index (χ2n) is 5.21. The standard InChI is InChI=1S/C14H23N3O2S/c1-4-10(18)13-11(15)12(19-3)14(20-13)16-9-5-7-17(2)8-6-9/h9,16H,4-8,15H2,1-3H3. The Balaban J connectivity index is 2.16. The number of hydrogen-bond acceptors (Lipinski definition) is 6. The molecule has 2 heterocycles. The molecule has 6 heteroatoms. The number of carbonyl (C=O) groups excluding carboxylic acids is 1. The minimum absolute atomic E-state index is 0.0715. The van der Waals surface area contributed by atoms with Crippen LogP contribution in [0.2, 0.25) is 0 Å². The third-order valence-electron chi connectivity index (χ3n) is 3.73. The van der Waals surface area contributed by atoms with Gasteiger partial charge in [0.05, 0.1) is 17.7 Å². The van der Waals surface area contributed by atoms with Crippen LogP contribution < -0.4 is 15.8 Å². The van der Waals surface area contributed by atoms with Crippen molar-refractivity contribution in [3.05, 3.63) is 4.88 Å². The van der Waals surface area contributed by atoms with Gasteiger partial charge >= 0.3 is 0 Å². The number of piperidine rings is 1. The number of thiophene rings is 1. The van der Waals surface area contributed by atoms with Crippen molar-refractivity contribution >= 4 is 27.8 Å². The Morgan fingerprint density at radius 1 is 1.50 bits per heavy atom. The van der Waals surface area contributed by atoms with E-state index in [-0.39, 0.29) is 5.78 Å². The Hall–Kier alpha value is -1.27. The van der Waals surface area contributed by atoms with Crippen molar-refractivity contribution < 1.29 is 9.53 Å². The number of nitrogens with one attached hydrogen (secondary N) is 1. The highest BCUT2D eigenvalue weighted by Gasteiger charge is 2.24. The van der Waals surface area contributed by atoms with Gasteiger partial charge in [0, 0.05) is 12.5 Å². The van der Waals surface area contributed by atoms with E-state index in [9.17, 15) is 4.79 Å². The van der Waals surface area contributed by atoms with Crippen LogP contribution in [0.4, 0.5) is 10.7 Å². The first-order valence-electron chi connectivity index (χ1n) is 7.01. The third kappa shape index (κ3) is 3.07. The van der Waals surface area contributed by atoms with E-state index in [1.165, 1.54) is 11.3 Å². The largest absolute Gasteiger partial charge is 0.492 e. The molecule has 5 nitrogen and oxygen atoms in total. The number of ketones is 1. The summed E-state index contributed by atoms with van der Waals surface area (Å²) >= 11 is 1.41. The van der Waals surface area contributed by atoms with E-state index in [2.05, 4.69) is 17.3 Å². The summed E-state index contributed by atoms with van der Waals surface area (Å²) < 4.78 is 5.37. The Morgan fingerprint density at radius 3 is 2.70 bits per heavy atom. The summed E-state index contributed by atoms with van der Waals surface area (Å²) in [5.74, 6) is 0.688. The van der Waals surface area contributed by atoms with Crippen molar-refractivity contribution in [2.75, 3.05) is 38.3 Å². The fourth-order valence-electron chi connectivity index (χ4n) is 2.43. The van der Waals surface area contributed by atoms with E-state index < -0.39 is 0 Å². The van der Waals surface area contributed by atoms with Crippen LogP contribution in [0.5, 0.6) is 5.75 Å². The normalized spacial score (nSPS) is 17.1. The van der Waals surface area contributed by atoms with Crippen molar-refractivity contribution in [1.82, 2.24) is 4.90 Å². The molecule has 1 aliphatic rings. The molecule has 0 aliphatic carbocycles. The molecular formula is C14H23N3O2S. The lowest BCUT2D eigenvalue weighted by atomic mass is 10.1. The van der Waals surface area contributed by atoms with Gasteiger partial charge in [0.15, 0.2) is 11.5 Å². The summed E-state index contributed by atoms with van der Waals surface area (Å²) in [7, 11) is 3.73. The fourth-order valence-corrected chi connectivity index (χ4v) is 3.61. The van der Waals surface area contributed by atoms with E-state index in [1.807, 2.05) is 6.92 Å². The number of nitrogens with two attached hydrogens (primary N) is 1. The zero-order valence-electron chi connectivity index (χ0n) is 12.4. The summed E-state index contributed by atoms with van der Waals surface area (Å²) in [5, 5.41) is 4.38. The first kappa shape index (κ1) is 15.1. The minimum Gasteiger partial charge on any atom is -0.492 e. The zero-order valence-corrected chi connectivity index (χ0v) is 13.2. The number of likely N-dealkylation sites (tertiary alicyclic amines) is 1. The Bertz CT molecular complexity index is 479. The number of Topliss-reactive ketones (excluding diaryl/α,β-unsaturated/α-hetero) is 1. The van der Waals surface area contributed by atoms with Crippen LogP contribution in [-0.4, -0.2) is 44.0 Å². The molecule has 3 N–H and O–H groups in total. The molecule has 20 heavy (non-hydrogen) atoms. The highest BCUT2D eigenvalue weighted by molar-refractivity contribution is 7.19. The number of hydrogen-bond donors (Lipinski definition) is 2. The fraction of sp³-hybridized carbons (Fsp3) is 0.643. The van der Waals surface area contributed by atoms with Crippen LogP contribution in [0.25, 0.3) is 0 Å². The monoisotopic (exact) mass is 297 g/mol. The Labute approximate surface area is 124 Å². The molecule has 1 saturated heterocycles. The van der Waals surface area contributed by atoms with Crippen molar-refractivity contribution in [1.29, 1.82) is 0 Å². The summed E-state index contributed by atoms with van der Waals surface area (Å²) in [6.45, 7) is 4.02. The van der Waals surface area contributed by atoms with Crippen molar-refractivity contribution in [3.8, 4) is 5.75 Å². The van der Waals surface area contributed by atoms with Crippen LogP contribution in [0.3, 0.4) is 0 Å². The van der Waals surface area contributed by atoms with Gasteiger partial charge in [0.2, 0.25) is 0 Å². The van der Waals surface area contributed by atoms with Gasteiger partial charge in [0.25, 0.3) is 0 Å². The lowest BCUT2D eigenvalue weighted by molar-refractivity contribution is 0.0992. The molecule has 0 spiro atoms. The number of ether oxygens (including phenoxy) is 1. The van der Waals surface area contributed by atoms with Crippen LogP contribution in [0.15, 0.2) is 0 Å². The number of carbonyl (C=O) groups is 1. The van der Waals surface area contributed by atoms with Crippen LogP contribution in [0, 0.1) is 0 Å². The molecular weight excluding hydrogens is 274 g/mol. The number of nitrogens with zero attached hydrogens (tertiary/aromatic N) is 1. The average Bonchev–Trinajstić information content (AvgIpc) is 2.76. The van der Waals surface area contributed by atoms with Gasteiger partial charge in [-0.2, -0.15) is 0 Å². The first-order valence-corrected chi connectivity index (χ1v) is 7.83. The van der Waals surface area contributed by atoms with Gasteiger partial charge in [-0.15, -0.1) is 11.3 Å². The van der Waals surface area contributed by atoms with Crippen molar-refractivity contribution in [2.24, 2.45) is 0 Å². The third-order valence-corrected chi connectivity index (χ3v) is 4.89. The highest BCUT2D eigenvalue weighted by atomic mass is 32.1. The summed E-state index contributed by atoms with van der Waals surface area (Å²) in [6.07, 6.45) is 2.64. The number of nitrogen functional groups attached to an aromatic ring is 1. The molecule has 1 aliphatic heterocycles. The smallest absolute Gasteiger partial charge is 0.176 e. The molecule has 112 valence electrons. The maximum absolute atomic E-state index is 11.9. The van der Waals surface area contributed by atoms with Gasteiger partial charge in [-0.3, -0.25) is 4.79 Å². The molecule has 1 fully saturated rings. The highest BCUT2D eigenvalue weighted by Crippen LogP contribution is 2.43.